The third kappa shape index (κ3) is 1.54. The molecule has 0 atom stereocenters. The van der Waals surface area contributed by atoms with Gasteiger partial charge in [-0.15, -0.1) is 0 Å². The van der Waals surface area contributed by atoms with Crippen molar-refractivity contribution in [2.75, 3.05) is 0 Å². The minimum Gasteiger partial charge on any atom is -0.329 e. The Labute approximate surface area is 90.3 Å². The zero-order chi connectivity index (χ0) is 10.1. The van der Waals surface area contributed by atoms with Gasteiger partial charge in [0.2, 0.25) is 5.28 Å². The van der Waals surface area contributed by atoms with Crippen molar-refractivity contribution in [1.82, 2.24) is 9.97 Å². The molecule has 0 spiro atoms. The first kappa shape index (κ1) is 9.32. The van der Waals surface area contributed by atoms with E-state index in [4.69, 9.17) is 28.5 Å². The van der Waals surface area contributed by atoms with Crippen LogP contribution in [0.5, 0.6) is 0 Å². The first-order valence-electron chi connectivity index (χ1n) is 3.91. The topological polar surface area (TPSA) is 52.5 Å². The number of hydrogen-bond acceptors (Lipinski definition) is 2. The average molecular weight is 226 g/mol. The molecule has 1 heterocycles. The molecule has 0 aliphatic carbocycles. The van der Waals surface area contributed by atoms with Gasteiger partial charge >= 0.3 is 0 Å². The lowest BCUT2D eigenvalue weighted by Crippen LogP contribution is -1.82. The number of aromatic amines is 1. The van der Waals surface area contributed by atoms with Crippen LogP contribution in [-0.4, -0.2) is 9.97 Å². The van der Waals surface area contributed by atoms with Gasteiger partial charge in [-0.2, -0.15) is 5.26 Å². The van der Waals surface area contributed by atoms with E-state index < -0.39 is 0 Å². The Kier molecular flexibility index (Phi) is 2.32. The number of rotatable bonds is 1. The van der Waals surface area contributed by atoms with Crippen LogP contribution >= 0.6 is 23.2 Å². The Morgan fingerprint density at radius 3 is 2.93 bits per heavy atom. The number of benzene rings is 1. The van der Waals surface area contributed by atoms with Crippen molar-refractivity contribution in [3.63, 3.8) is 0 Å². The van der Waals surface area contributed by atoms with E-state index in [9.17, 15) is 0 Å². The van der Waals surface area contributed by atoms with E-state index in [2.05, 4.69) is 16.0 Å². The Morgan fingerprint density at radius 1 is 1.43 bits per heavy atom. The molecule has 1 aromatic carbocycles. The van der Waals surface area contributed by atoms with Crippen molar-refractivity contribution in [2.45, 2.75) is 6.42 Å². The lowest BCUT2D eigenvalue weighted by atomic mass is 10.1. The van der Waals surface area contributed by atoms with Crippen molar-refractivity contribution >= 4 is 34.2 Å². The summed E-state index contributed by atoms with van der Waals surface area (Å²) in [4.78, 5) is 6.87. The molecule has 1 N–H and O–H groups in total. The molecule has 70 valence electrons. The Hall–Kier alpha value is -1.24. The largest absolute Gasteiger partial charge is 0.329 e. The zero-order valence-electron chi connectivity index (χ0n) is 7.01. The number of halogens is 2. The minimum absolute atomic E-state index is 0.302. The molecule has 0 saturated heterocycles. The maximum absolute atomic E-state index is 8.54. The van der Waals surface area contributed by atoms with Crippen LogP contribution in [0.2, 0.25) is 10.3 Å². The molecular formula is C9H5Cl2N3. The second-order valence-electron chi connectivity index (χ2n) is 2.84. The molecule has 0 bridgehead atoms. The van der Waals surface area contributed by atoms with Crippen LogP contribution in [0.25, 0.3) is 11.0 Å². The van der Waals surface area contributed by atoms with E-state index in [-0.39, 0.29) is 0 Å². The molecule has 0 saturated carbocycles. The first-order valence-corrected chi connectivity index (χ1v) is 4.67. The summed E-state index contributed by atoms with van der Waals surface area (Å²) in [6, 6.07) is 5.61. The van der Waals surface area contributed by atoms with Gasteiger partial charge in [-0.3, -0.25) is 0 Å². The second-order valence-corrected chi connectivity index (χ2v) is 3.60. The Balaban J connectivity index is 2.66. The first-order chi connectivity index (χ1) is 6.70. The third-order valence-corrected chi connectivity index (χ3v) is 2.32. The average Bonchev–Trinajstić information content (AvgIpc) is 2.47. The van der Waals surface area contributed by atoms with Gasteiger partial charge in [0.1, 0.15) is 5.52 Å². The predicted octanol–water partition coefficient (Wildman–Crippen LogP) is 2.94. The van der Waals surface area contributed by atoms with Crippen molar-refractivity contribution < 1.29 is 0 Å². The van der Waals surface area contributed by atoms with Crippen molar-refractivity contribution in [3.05, 3.63) is 28.0 Å². The fourth-order valence-corrected chi connectivity index (χ4v) is 1.77. The molecule has 0 aliphatic rings. The van der Waals surface area contributed by atoms with Crippen LogP contribution in [0.4, 0.5) is 0 Å². The fourth-order valence-electron chi connectivity index (χ4n) is 1.29. The third-order valence-electron chi connectivity index (χ3n) is 1.85. The summed E-state index contributed by atoms with van der Waals surface area (Å²) in [6.07, 6.45) is 0.326. The Morgan fingerprint density at radius 2 is 2.21 bits per heavy atom. The summed E-state index contributed by atoms with van der Waals surface area (Å²) >= 11 is 11.7. The maximum Gasteiger partial charge on any atom is 0.201 e. The number of imidazole rings is 1. The summed E-state index contributed by atoms with van der Waals surface area (Å²) in [5, 5.41) is 9.35. The maximum atomic E-state index is 8.54. The van der Waals surface area contributed by atoms with Crippen LogP contribution in [0, 0.1) is 11.3 Å². The number of H-pyrrole nitrogens is 1. The number of hydrogen-bond donors (Lipinski definition) is 1. The molecule has 1 aromatic heterocycles. The van der Waals surface area contributed by atoms with Gasteiger partial charge in [-0.1, -0.05) is 11.6 Å². The summed E-state index contributed by atoms with van der Waals surface area (Å²) in [5.41, 5.74) is 2.25. The molecule has 0 fully saturated rings. The number of aromatic nitrogens is 2. The van der Waals surface area contributed by atoms with Gasteiger partial charge in [0, 0.05) is 0 Å². The van der Waals surface area contributed by atoms with Gasteiger partial charge in [0.05, 0.1) is 23.0 Å². The van der Waals surface area contributed by atoms with E-state index >= 15 is 0 Å². The van der Waals surface area contributed by atoms with Crippen molar-refractivity contribution in [1.29, 1.82) is 5.26 Å². The second kappa shape index (κ2) is 3.49. The van der Waals surface area contributed by atoms with Gasteiger partial charge in [0.15, 0.2) is 0 Å². The molecule has 0 unspecified atom stereocenters. The summed E-state index contributed by atoms with van der Waals surface area (Å²) in [7, 11) is 0. The molecule has 0 amide bonds. The van der Waals surface area contributed by atoms with Crippen molar-refractivity contribution in [3.8, 4) is 6.07 Å². The number of nitrogens with zero attached hydrogens (tertiary/aromatic N) is 2. The quantitative estimate of drug-likeness (QED) is 0.812. The lowest BCUT2D eigenvalue weighted by molar-refractivity contribution is 1.27. The summed E-state index contributed by atoms with van der Waals surface area (Å²) in [6.45, 7) is 0. The van der Waals surface area contributed by atoms with Crippen LogP contribution in [-0.2, 0) is 6.42 Å². The van der Waals surface area contributed by atoms with Crippen molar-refractivity contribution in [2.24, 2.45) is 0 Å². The molecule has 5 heteroatoms. The van der Waals surface area contributed by atoms with Crippen LogP contribution < -0.4 is 0 Å². The van der Waals surface area contributed by atoms with Gasteiger partial charge in [-0.05, 0) is 29.3 Å². The van der Waals surface area contributed by atoms with E-state index in [1.165, 1.54) is 0 Å². The van der Waals surface area contributed by atoms with Gasteiger partial charge in [-0.25, -0.2) is 4.98 Å². The van der Waals surface area contributed by atoms with E-state index in [0.717, 1.165) is 11.1 Å². The number of nitriles is 1. The standard InChI is InChI=1S/C9H5Cl2N3/c10-6-3-5(1-2-12)4-7-8(6)14-9(11)13-7/h3-4H,1H2,(H,13,14). The molecule has 0 radical (unpaired) electrons. The van der Waals surface area contributed by atoms with Crippen LogP contribution in [0.3, 0.4) is 0 Å². The highest BCUT2D eigenvalue weighted by Gasteiger charge is 2.06. The van der Waals surface area contributed by atoms with E-state index in [1.54, 1.807) is 6.07 Å². The Bertz CT molecular complexity index is 525. The highest BCUT2D eigenvalue weighted by molar-refractivity contribution is 6.35. The lowest BCUT2D eigenvalue weighted by Gasteiger charge is -1.96. The smallest absolute Gasteiger partial charge is 0.201 e. The fraction of sp³-hybridized carbons (Fsp3) is 0.111. The normalized spacial score (nSPS) is 10.4. The van der Waals surface area contributed by atoms with E-state index in [0.29, 0.717) is 22.2 Å². The van der Waals surface area contributed by atoms with Gasteiger partial charge < -0.3 is 4.98 Å². The zero-order valence-corrected chi connectivity index (χ0v) is 8.52. The monoisotopic (exact) mass is 225 g/mol. The van der Waals surface area contributed by atoms with E-state index in [1.807, 2.05) is 6.07 Å². The van der Waals surface area contributed by atoms with Gasteiger partial charge in [0.25, 0.3) is 0 Å². The predicted molar refractivity (Wildman–Crippen MR) is 55.4 cm³/mol. The number of nitrogens with one attached hydrogen (secondary N) is 1. The molecule has 3 nitrogen and oxygen atoms in total. The summed E-state index contributed by atoms with van der Waals surface area (Å²) < 4.78 is 0. The van der Waals surface area contributed by atoms with Crippen LogP contribution in [0.15, 0.2) is 12.1 Å². The highest BCUT2D eigenvalue weighted by Crippen LogP contribution is 2.25. The summed E-state index contributed by atoms with van der Waals surface area (Å²) in [5.74, 6) is 0. The number of fused-ring (bicyclic) bond motifs is 1. The van der Waals surface area contributed by atoms with Crippen LogP contribution in [0.1, 0.15) is 5.56 Å². The molecule has 2 aromatic rings. The SMILES string of the molecule is N#CCc1cc(Cl)c2nc(Cl)[nH]c2c1. The molecular weight excluding hydrogens is 221 g/mol. The minimum atomic E-state index is 0.302. The molecule has 14 heavy (non-hydrogen) atoms. The molecule has 0 aliphatic heterocycles. The highest BCUT2D eigenvalue weighted by atomic mass is 35.5. The molecule has 2 rings (SSSR count).